The zero-order valence-electron chi connectivity index (χ0n) is 48.1. The van der Waals surface area contributed by atoms with Crippen LogP contribution in [0.5, 0.6) is 0 Å². The van der Waals surface area contributed by atoms with Crippen LogP contribution in [0.3, 0.4) is 0 Å². The molecule has 0 spiro atoms. The Morgan fingerprint density at radius 1 is 0.156 bits per heavy atom. The maximum atomic E-state index is 2.61. The topological polar surface area (TPSA) is 27.5 Å². The zero-order chi connectivity index (χ0) is 57.7. The van der Waals surface area contributed by atoms with Gasteiger partial charge in [-0.2, -0.15) is 0 Å². The molecule has 0 N–H and O–H groups in total. The van der Waals surface area contributed by atoms with Crippen LogP contribution in [0.15, 0.2) is 267 Å². The molecule has 90 heavy (non-hydrogen) atoms. The molecule has 24 rings (SSSR count). The molecule has 0 unspecified atom stereocenters. The van der Waals surface area contributed by atoms with Gasteiger partial charge in [0.2, 0.25) is 0 Å². The van der Waals surface area contributed by atoms with Gasteiger partial charge >= 0.3 is 0 Å². The Balaban J connectivity index is 0.770. The lowest BCUT2D eigenvalue weighted by Gasteiger charge is -2.08. The summed E-state index contributed by atoms with van der Waals surface area (Å²) < 4.78 is 15.2. The zero-order valence-corrected chi connectivity index (χ0v) is 48.1. The van der Waals surface area contributed by atoms with Crippen molar-refractivity contribution in [2.45, 2.75) is 0 Å². The van der Waals surface area contributed by atoms with E-state index in [9.17, 15) is 0 Å². The second kappa shape index (κ2) is 15.3. The highest BCUT2D eigenvalue weighted by molar-refractivity contribution is 6.41. The molecule has 6 heteroatoms. The van der Waals surface area contributed by atoms with Crippen molar-refractivity contribution in [2.75, 3.05) is 0 Å². The van der Waals surface area contributed by atoms with Gasteiger partial charge in [0, 0.05) is 119 Å². The van der Waals surface area contributed by atoms with Crippen LogP contribution in [0, 0.1) is 0 Å². The molecular formula is C84H44N6. The number of rotatable bonds is 3. The summed E-state index contributed by atoms with van der Waals surface area (Å²) >= 11 is 0. The molecular weight excluding hydrogens is 1090 g/mol. The van der Waals surface area contributed by atoms with E-state index in [2.05, 4.69) is 294 Å². The summed E-state index contributed by atoms with van der Waals surface area (Å²) in [6.45, 7) is 0. The highest BCUT2D eigenvalue weighted by atomic mass is 15.0. The Hall–Kier alpha value is -12.1. The molecule has 0 fully saturated rings. The average Bonchev–Trinajstić information content (AvgIpc) is 1.51. The Kier molecular flexibility index (Phi) is 7.71. The second-order valence-electron chi connectivity index (χ2n) is 25.4. The summed E-state index contributed by atoms with van der Waals surface area (Å²) in [5.74, 6) is 0. The molecule has 0 aliphatic rings. The molecule has 0 bridgehead atoms. The Bertz CT molecular complexity index is 7370. The summed E-state index contributed by atoms with van der Waals surface area (Å²) in [7, 11) is 0. The largest absolute Gasteiger partial charge is 0.309 e. The third-order valence-electron chi connectivity index (χ3n) is 21.4. The van der Waals surface area contributed by atoms with E-state index in [1.807, 2.05) is 0 Å². The van der Waals surface area contributed by atoms with Crippen molar-refractivity contribution >= 4 is 196 Å². The molecule has 10 aromatic heterocycles. The van der Waals surface area contributed by atoms with Gasteiger partial charge in [-0.25, -0.2) is 0 Å². The summed E-state index contributed by atoms with van der Waals surface area (Å²) in [6.07, 6.45) is 0. The fraction of sp³-hybridized carbons (Fsp3) is 0. The molecule has 6 nitrogen and oxygen atoms in total. The average molecular weight is 1140 g/mol. The maximum absolute atomic E-state index is 2.61. The van der Waals surface area contributed by atoms with Crippen molar-refractivity contribution in [3.05, 3.63) is 267 Å². The van der Waals surface area contributed by atoms with E-state index in [4.69, 9.17) is 0 Å². The van der Waals surface area contributed by atoms with E-state index in [0.717, 1.165) is 5.69 Å². The molecule has 0 aliphatic carbocycles. The fourth-order valence-corrected chi connectivity index (χ4v) is 18.1. The second-order valence-corrected chi connectivity index (χ2v) is 25.4. The van der Waals surface area contributed by atoms with Gasteiger partial charge in [0.15, 0.2) is 0 Å². The molecule has 410 valence electrons. The SMILES string of the molecule is c1ccc(-n2c3ccccc3c3cc4c(cc32)c2cccc3c5c6c7ccccc7n7c8cc(-c9ccc%10c(c9)c9c%11c%12cccc%13c%14c%15c%16ccccc%16n%16c%17ccccc%17c(cc%14n(c%11ccc9n%10-c9ccccc9)c%12%13)c%15%16)ccc8c(cc5n4c23)c67)cc1. The molecule has 0 amide bonds. The Morgan fingerprint density at radius 3 is 1.19 bits per heavy atom. The molecule has 0 atom stereocenters. The van der Waals surface area contributed by atoms with Crippen LogP contribution in [0.4, 0.5) is 0 Å². The van der Waals surface area contributed by atoms with Crippen LogP contribution in [0.1, 0.15) is 0 Å². The molecule has 0 saturated carbocycles. The van der Waals surface area contributed by atoms with Crippen LogP contribution in [0.2, 0.25) is 0 Å². The third kappa shape index (κ3) is 5.03. The van der Waals surface area contributed by atoms with Gasteiger partial charge in [-0.1, -0.05) is 164 Å². The number of hydrogen-bond donors (Lipinski definition) is 0. The number of hydrogen-bond acceptors (Lipinski definition) is 0. The molecule has 0 saturated heterocycles. The lowest BCUT2D eigenvalue weighted by molar-refractivity contribution is 1.18. The number of fused-ring (bicyclic) bond motifs is 33. The summed E-state index contributed by atoms with van der Waals surface area (Å²) in [5.41, 5.74) is 24.6. The Labute approximate surface area is 509 Å². The van der Waals surface area contributed by atoms with Gasteiger partial charge in [0.1, 0.15) is 0 Å². The smallest absolute Gasteiger partial charge is 0.0628 e. The van der Waals surface area contributed by atoms with Gasteiger partial charge in [-0.15, -0.1) is 0 Å². The van der Waals surface area contributed by atoms with Crippen molar-refractivity contribution in [3.8, 4) is 22.5 Å². The van der Waals surface area contributed by atoms with E-state index in [1.165, 1.54) is 213 Å². The third-order valence-corrected chi connectivity index (χ3v) is 21.4. The van der Waals surface area contributed by atoms with Crippen molar-refractivity contribution in [3.63, 3.8) is 0 Å². The van der Waals surface area contributed by atoms with Crippen molar-refractivity contribution < 1.29 is 0 Å². The molecule has 0 radical (unpaired) electrons. The van der Waals surface area contributed by atoms with Gasteiger partial charge < -0.3 is 26.7 Å². The lowest BCUT2D eigenvalue weighted by atomic mass is 9.98. The van der Waals surface area contributed by atoms with Gasteiger partial charge in [0.05, 0.1) is 88.3 Å². The van der Waals surface area contributed by atoms with Crippen molar-refractivity contribution in [1.82, 2.24) is 26.7 Å². The van der Waals surface area contributed by atoms with Gasteiger partial charge in [-0.3, -0.25) is 0 Å². The highest BCUT2D eigenvalue weighted by Crippen LogP contribution is 2.53. The predicted octanol–water partition coefficient (Wildman–Crippen LogP) is 22.1. The van der Waals surface area contributed by atoms with Crippen LogP contribution in [-0.4, -0.2) is 26.7 Å². The molecule has 14 aromatic carbocycles. The van der Waals surface area contributed by atoms with Crippen LogP contribution >= 0.6 is 0 Å². The summed E-state index contributed by atoms with van der Waals surface area (Å²) in [6, 6.07) is 101. The van der Waals surface area contributed by atoms with Crippen molar-refractivity contribution in [1.29, 1.82) is 0 Å². The van der Waals surface area contributed by atoms with E-state index in [1.54, 1.807) is 0 Å². The molecule has 0 aliphatic heterocycles. The number of para-hydroxylation sites is 8. The first kappa shape index (κ1) is 45.2. The fourth-order valence-electron chi connectivity index (χ4n) is 18.1. The number of nitrogens with zero attached hydrogens (tertiary/aromatic N) is 6. The summed E-state index contributed by atoms with van der Waals surface area (Å²) in [4.78, 5) is 0. The Morgan fingerprint density at radius 2 is 0.533 bits per heavy atom. The first-order valence-corrected chi connectivity index (χ1v) is 31.3. The highest BCUT2D eigenvalue weighted by Gasteiger charge is 2.30. The van der Waals surface area contributed by atoms with Crippen LogP contribution in [-0.2, 0) is 0 Å². The minimum atomic E-state index is 1.15. The summed E-state index contributed by atoms with van der Waals surface area (Å²) in [5, 5.41) is 25.8. The number of aromatic nitrogens is 6. The lowest BCUT2D eigenvalue weighted by Crippen LogP contribution is -1.93. The molecule has 24 aromatic rings. The van der Waals surface area contributed by atoms with Crippen LogP contribution in [0.25, 0.3) is 218 Å². The van der Waals surface area contributed by atoms with Crippen molar-refractivity contribution in [2.24, 2.45) is 0 Å². The first-order chi connectivity index (χ1) is 44.7. The first-order valence-electron chi connectivity index (χ1n) is 31.3. The van der Waals surface area contributed by atoms with E-state index in [-0.39, 0.29) is 0 Å². The normalized spacial score (nSPS) is 13.1. The standard InChI is InChI=1S/C84H44N6/c1-3-17-47(18-4-1)85-67-36-34-45(39-62(67)78-68(85)37-38-69-75(78)55-27-16-28-57-77-73(89(69)82(55)57)43-60-50-22-8-12-30-64(50)87-65-31-13-9-23-53(65)79(77)83(60)87)46-33-35-51-61-44-74-76(80-54-24-10-14-32-66(54)88(84(61)80)70(51)40-46)56-26-15-25-52-59-42-71-58(41-72(59)90(74)81(52)56)49-21-7-11-29-63(49)86(71)48-19-5-2-6-20-48/h1-44H. The minimum absolute atomic E-state index is 1.15. The van der Waals surface area contributed by atoms with E-state index >= 15 is 0 Å². The number of benzene rings is 14. The predicted molar refractivity (Wildman–Crippen MR) is 379 cm³/mol. The monoisotopic (exact) mass is 1140 g/mol. The van der Waals surface area contributed by atoms with E-state index in [0.29, 0.717) is 0 Å². The maximum Gasteiger partial charge on any atom is 0.0628 e. The van der Waals surface area contributed by atoms with Crippen LogP contribution < -0.4 is 0 Å². The molecule has 10 heterocycles. The van der Waals surface area contributed by atoms with Gasteiger partial charge in [-0.05, 0) is 114 Å². The van der Waals surface area contributed by atoms with Gasteiger partial charge in [0.25, 0.3) is 0 Å². The quantitative estimate of drug-likeness (QED) is 0.169. The van der Waals surface area contributed by atoms with E-state index < -0.39 is 0 Å². The minimum Gasteiger partial charge on any atom is -0.309 e.